The molecule has 3 amide bonds. The molecule has 2 aromatic carbocycles. The number of likely N-dealkylation sites (tertiary alicyclic amines) is 1. The first-order chi connectivity index (χ1) is 19.2. The Kier molecular flexibility index (Phi) is 8.67. The first-order valence-electron chi connectivity index (χ1n) is 12.4. The Labute approximate surface area is 236 Å². The van der Waals surface area contributed by atoms with Crippen LogP contribution in [-0.2, 0) is 4.79 Å². The second-order valence-electron chi connectivity index (χ2n) is 9.10. The number of aromatic nitrogens is 1. The van der Waals surface area contributed by atoms with E-state index in [0.717, 1.165) is 0 Å². The van der Waals surface area contributed by atoms with Gasteiger partial charge < -0.3 is 26.0 Å². The fraction of sp³-hybridized carbons (Fsp3) is 0.207. The lowest BCUT2D eigenvalue weighted by molar-refractivity contribution is -0.122. The van der Waals surface area contributed by atoms with Gasteiger partial charge in [0, 0.05) is 41.9 Å². The van der Waals surface area contributed by atoms with Crippen molar-refractivity contribution >= 4 is 46.7 Å². The topological polar surface area (TPSA) is 150 Å². The van der Waals surface area contributed by atoms with Crippen molar-refractivity contribution in [2.45, 2.75) is 12.8 Å². The van der Waals surface area contributed by atoms with Crippen molar-refractivity contribution in [3.05, 3.63) is 82.0 Å². The van der Waals surface area contributed by atoms with Gasteiger partial charge in [-0.3, -0.25) is 19.8 Å². The fourth-order valence-electron chi connectivity index (χ4n) is 4.34. The number of rotatable bonds is 7. The summed E-state index contributed by atoms with van der Waals surface area (Å²) >= 11 is 5.88. The number of nitrogens with zero attached hydrogens (tertiary/aromatic N) is 2. The number of anilines is 2. The highest BCUT2D eigenvalue weighted by molar-refractivity contribution is 6.30. The minimum atomic E-state index is -0.565. The van der Waals surface area contributed by atoms with Gasteiger partial charge in [-0.25, -0.2) is 4.98 Å². The Bertz CT molecular complexity index is 1490. The number of terminal acetylenes is 1. The first-order valence-corrected chi connectivity index (χ1v) is 12.7. The normalized spacial score (nSPS) is 13.2. The molecule has 0 radical (unpaired) electrons. The Morgan fingerprint density at radius 1 is 1.07 bits per heavy atom. The number of amidine groups is 1. The molecule has 0 atom stereocenters. The minimum absolute atomic E-state index is 0.0789. The van der Waals surface area contributed by atoms with E-state index in [1.165, 1.54) is 19.4 Å². The summed E-state index contributed by atoms with van der Waals surface area (Å²) in [5.74, 6) is 1.70. The van der Waals surface area contributed by atoms with Gasteiger partial charge in [0.15, 0.2) is 0 Å². The predicted molar refractivity (Wildman–Crippen MR) is 153 cm³/mol. The lowest BCUT2D eigenvalue weighted by Gasteiger charge is -2.32. The van der Waals surface area contributed by atoms with Crippen molar-refractivity contribution in [3.8, 4) is 18.1 Å². The van der Waals surface area contributed by atoms with Gasteiger partial charge >= 0.3 is 0 Å². The van der Waals surface area contributed by atoms with Gasteiger partial charge in [-0.05, 0) is 49.2 Å². The van der Waals surface area contributed by atoms with Crippen LogP contribution in [0.3, 0.4) is 0 Å². The van der Waals surface area contributed by atoms with E-state index in [9.17, 15) is 14.4 Å². The molecule has 0 bridgehead atoms. The molecule has 3 aromatic rings. The number of hydrogen-bond acceptors (Lipinski definition) is 6. The average Bonchev–Trinajstić information content (AvgIpc) is 2.98. The van der Waals surface area contributed by atoms with Gasteiger partial charge in [-0.15, -0.1) is 6.42 Å². The summed E-state index contributed by atoms with van der Waals surface area (Å²) in [5.41, 5.74) is 6.92. The standard InChI is InChI=1S/C29H27ClN6O4/c1-3-17-14-22(29(39)34-24-9-8-21(30)16-33-24)25(23(15-17)40-2)35-28(38)20-6-4-18(5-7-20)26(31)36-12-10-19(11-13-36)27(32)37/h1,4-9,14-16,19,31H,10-13H2,2H3,(H2,32,37)(H,35,38)(H,33,34,39). The molecule has 0 aliphatic carbocycles. The third-order valence-corrected chi connectivity index (χ3v) is 6.80. The summed E-state index contributed by atoms with van der Waals surface area (Å²) in [6.45, 7) is 1.11. The molecular weight excluding hydrogens is 532 g/mol. The fourth-order valence-corrected chi connectivity index (χ4v) is 4.45. The van der Waals surface area contributed by atoms with E-state index < -0.39 is 11.8 Å². The van der Waals surface area contributed by atoms with Crippen LogP contribution in [0.2, 0.25) is 5.02 Å². The Morgan fingerprint density at radius 3 is 2.33 bits per heavy atom. The van der Waals surface area contributed by atoms with Crippen LogP contribution in [0.25, 0.3) is 0 Å². The van der Waals surface area contributed by atoms with Crippen molar-refractivity contribution < 1.29 is 19.1 Å². The summed E-state index contributed by atoms with van der Waals surface area (Å²) < 4.78 is 5.44. The van der Waals surface area contributed by atoms with Crippen molar-refractivity contribution in [2.75, 3.05) is 30.8 Å². The first kappa shape index (κ1) is 28.1. The smallest absolute Gasteiger partial charge is 0.259 e. The quantitative estimate of drug-likeness (QED) is 0.197. The number of ether oxygens (including phenoxy) is 1. The number of carbonyl (C=O) groups is 3. The molecule has 4 rings (SSSR count). The molecule has 5 N–H and O–H groups in total. The zero-order chi connectivity index (χ0) is 28.8. The summed E-state index contributed by atoms with van der Waals surface area (Å²) in [7, 11) is 1.40. The lowest BCUT2D eigenvalue weighted by Crippen LogP contribution is -2.41. The SMILES string of the molecule is C#Cc1cc(OC)c(NC(=O)c2ccc(C(=N)N3CCC(C(N)=O)CC3)cc2)c(C(=O)Nc2ccc(Cl)cn2)c1. The van der Waals surface area contributed by atoms with Gasteiger partial charge in [-0.1, -0.05) is 29.7 Å². The van der Waals surface area contributed by atoms with Gasteiger partial charge in [0.25, 0.3) is 11.8 Å². The third-order valence-electron chi connectivity index (χ3n) is 6.57. The van der Waals surface area contributed by atoms with E-state index in [0.29, 0.717) is 53.5 Å². The number of piperidine rings is 1. The molecule has 2 heterocycles. The molecule has 1 saturated heterocycles. The zero-order valence-electron chi connectivity index (χ0n) is 21.7. The Balaban J connectivity index is 1.53. The lowest BCUT2D eigenvalue weighted by atomic mass is 9.95. The van der Waals surface area contributed by atoms with Crippen molar-refractivity contribution in [2.24, 2.45) is 11.7 Å². The number of benzene rings is 2. The Morgan fingerprint density at radius 2 is 1.75 bits per heavy atom. The monoisotopic (exact) mass is 558 g/mol. The van der Waals surface area contributed by atoms with E-state index in [1.807, 2.05) is 4.90 Å². The second-order valence-corrected chi connectivity index (χ2v) is 9.54. The number of nitrogens with two attached hydrogens (primary N) is 1. The maximum atomic E-state index is 13.2. The molecule has 1 aliphatic rings. The van der Waals surface area contributed by atoms with E-state index in [4.69, 9.17) is 33.9 Å². The Hall–Kier alpha value is -4.88. The number of primary amides is 1. The van der Waals surface area contributed by atoms with Crippen LogP contribution in [0.5, 0.6) is 5.75 Å². The predicted octanol–water partition coefficient (Wildman–Crippen LogP) is 3.75. The van der Waals surface area contributed by atoms with Gasteiger partial charge in [-0.2, -0.15) is 0 Å². The number of amides is 3. The number of methoxy groups -OCH3 is 1. The van der Waals surface area contributed by atoms with E-state index in [1.54, 1.807) is 42.5 Å². The summed E-state index contributed by atoms with van der Waals surface area (Å²) in [6, 6.07) is 12.7. The van der Waals surface area contributed by atoms with Gasteiger partial charge in [0.05, 0.1) is 23.4 Å². The summed E-state index contributed by atoms with van der Waals surface area (Å²) in [4.78, 5) is 43.8. The maximum Gasteiger partial charge on any atom is 0.259 e. The summed E-state index contributed by atoms with van der Waals surface area (Å²) in [6.07, 6.45) is 8.17. The third kappa shape index (κ3) is 6.39. The largest absolute Gasteiger partial charge is 0.495 e. The van der Waals surface area contributed by atoms with Crippen LogP contribution in [0, 0.1) is 23.7 Å². The highest BCUT2D eigenvalue weighted by Gasteiger charge is 2.25. The molecule has 0 unspecified atom stereocenters. The number of nitrogens with one attached hydrogen (secondary N) is 3. The summed E-state index contributed by atoms with van der Waals surface area (Å²) in [5, 5.41) is 14.4. The van der Waals surface area contributed by atoms with Crippen LogP contribution in [0.4, 0.5) is 11.5 Å². The molecule has 11 heteroatoms. The van der Waals surface area contributed by atoms with Crippen molar-refractivity contribution in [1.82, 2.24) is 9.88 Å². The molecule has 1 aliphatic heterocycles. The zero-order valence-corrected chi connectivity index (χ0v) is 22.4. The van der Waals surface area contributed by atoms with E-state index >= 15 is 0 Å². The molecule has 1 fully saturated rings. The van der Waals surface area contributed by atoms with E-state index in [2.05, 4.69) is 21.5 Å². The van der Waals surface area contributed by atoms with Crippen LogP contribution in [0.1, 0.15) is 44.7 Å². The number of hydrogen-bond donors (Lipinski definition) is 4. The highest BCUT2D eigenvalue weighted by Crippen LogP contribution is 2.32. The highest BCUT2D eigenvalue weighted by atomic mass is 35.5. The molecular formula is C29H27ClN6O4. The molecule has 40 heavy (non-hydrogen) atoms. The van der Waals surface area contributed by atoms with Crippen LogP contribution >= 0.6 is 11.6 Å². The minimum Gasteiger partial charge on any atom is -0.495 e. The number of halogens is 1. The van der Waals surface area contributed by atoms with E-state index in [-0.39, 0.29) is 34.6 Å². The van der Waals surface area contributed by atoms with Gasteiger partial charge in [0.1, 0.15) is 17.4 Å². The second kappa shape index (κ2) is 12.3. The van der Waals surface area contributed by atoms with Crippen LogP contribution < -0.4 is 21.1 Å². The number of carbonyl (C=O) groups excluding carboxylic acids is 3. The molecule has 1 aromatic heterocycles. The van der Waals surface area contributed by atoms with Crippen LogP contribution in [0.15, 0.2) is 54.7 Å². The molecule has 10 nitrogen and oxygen atoms in total. The van der Waals surface area contributed by atoms with Crippen LogP contribution in [-0.4, -0.2) is 53.6 Å². The molecule has 0 spiro atoms. The molecule has 204 valence electrons. The number of pyridine rings is 1. The van der Waals surface area contributed by atoms with Gasteiger partial charge in [0.2, 0.25) is 5.91 Å². The van der Waals surface area contributed by atoms with Crippen molar-refractivity contribution in [1.29, 1.82) is 5.41 Å². The molecule has 0 saturated carbocycles. The van der Waals surface area contributed by atoms with Crippen molar-refractivity contribution in [3.63, 3.8) is 0 Å². The average molecular weight is 559 g/mol. The maximum absolute atomic E-state index is 13.2.